The number of esters is 2. The number of pyridine rings is 4. The van der Waals surface area contributed by atoms with E-state index in [-0.39, 0.29) is 60.4 Å². The number of carbonyl (C=O) groups excluding carboxylic acids is 3. The zero-order valence-electron chi connectivity index (χ0n) is 64.8. The fraction of sp³-hybridized carbons (Fsp3) is 0.585. The first-order chi connectivity index (χ1) is 58.2. The van der Waals surface area contributed by atoms with E-state index in [0.29, 0.717) is 11.8 Å². The topological polar surface area (TPSA) is 173 Å². The average molecular weight is 2740 g/mol. The summed E-state index contributed by atoms with van der Waals surface area (Å²) in [6.45, 7) is 28.8. The van der Waals surface area contributed by atoms with Crippen LogP contribution in [0.4, 0.5) is 21.8 Å². The number of fused-ring (bicyclic) bond motifs is 8. The zero-order valence-corrected chi connectivity index (χ0v) is 104. The molecule has 4 N–H and O–H groups in total. The van der Waals surface area contributed by atoms with Crippen molar-refractivity contribution in [3.8, 4) is 23.8 Å². The normalized spacial score (nSPS) is 18.3. The summed E-state index contributed by atoms with van der Waals surface area (Å²) in [6.07, 6.45) is 17.9. The third-order valence-electron chi connectivity index (χ3n) is 16.3. The van der Waals surface area contributed by atoms with E-state index in [0.717, 1.165) is 133 Å². The van der Waals surface area contributed by atoms with Crippen LogP contribution < -0.4 is 36.0 Å². The highest BCUT2D eigenvalue weighted by atomic mass is 127. The molecular formula is C65H101Cl2FI2N12O4S39Si. The van der Waals surface area contributed by atoms with Gasteiger partial charge in [0.25, 0.3) is 0 Å². The van der Waals surface area contributed by atoms with Gasteiger partial charge >= 0.3 is 11.9 Å². The number of terminal acetylenes is 1. The second kappa shape index (κ2) is 82.9. The number of ether oxygens (including phenoxy) is 1. The Balaban J connectivity index is 0.00000154. The maximum atomic E-state index is 12.0. The summed E-state index contributed by atoms with van der Waals surface area (Å²) in [5, 5.41) is 14.0. The van der Waals surface area contributed by atoms with E-state index in [4.69, 9.17) is 28.8 Å². The molecule has 8 saturated heterocycles. The highest BCUT2D eigenvalue weighted by molar-refractivity contribution is 14.1. The van der Waals surface area contributed by atoms with E-state index in [1.165, 1.54) is 112 Å². The molecule has 8 fully saturated rings. The van der Waals surface area contributed by atoms with Crippen LogP contribution in [0.1, 0.15) is 87.3 Å². The molecule has 12 rings (SSSR count). The Kier molecular flexibility index (Phi) is 85.7. The SMILES string of the molecule is C.C.C.C.C#Cc1ccc(N2CC3CC(CN(C(C)=O)C3)C2)nc1.C1NCC2CNCC1C2.CC(=O)OC(C)=O.C[Si](C)(C)C#Cc1ccc(N2CC3CNCC(C3)C2)nc1.Cl.Cl.Fc1ccc(I)cn1.Ic1ccc(N2CC3CNCC(C3)C2)nc1.S=S=S=S=S=S=S=S=S=S=S=S=S=S=S=S=S=S=S=S=S=S=S=S=S=S=S=S=S=S=S=S=S=S=S=S=S=S=S. The van der Waals surface area contributed by atoms with Crippen LogP contribution in [0.3, 0.4) is 0 Å². The molecule has 0 aliphatic carbocycles. The molecule has 8 bridgehead atoms. The smallest absolute Gasteiger partial charge is 0.310 e. The molecule has 1 amide bonds. The fourth-order valence-corrected chi connectivity index (χ4v) is 110. The highest BCUT2D eigenvalue weighted by Crippen LogP contribution is 2.32. The second-order valence-corrected chi connectivity index (χ2v) is 99.0. The minimum atomic E-state index is -1.31. The summed E-state index contributed by atoms with van der Waals surface area (Å²) in [7, 11) is 64.3. The minimum Gasteiger partial charge on any atom is -0.394 e. The Bertz CT molecular complexity index is 5850. The molecule has 8 aliphatic heterocycles. The van der Waals surface area contributed by atoms with E-state index < -0.39 is 26.0 Å². The van der Waals surface area contributed by atoms with Crippen LogP contribution in [-0.4, -0.2) is 155 Å². The lowest BCUT2D eigenvalue weighted by Gasteiger charge is -2.46. The van der Waals surface area contributed by atoms with Gasteiger partial charge in [0.2, 0.25) is 11.9 Å². The Labute approximate surface area is 901 Å². The van der Waals surface area contributed by atoms with Crippen molar-refractivity contribution in [3.05, 3.63) is 97.5 Å². The van der Waals surface area contributed by atoms with Crippen molar-refractivity contribution in [1.82, 2.24) is 46.1 Å². The predicted molar refractivity (Wildman–Crippen MR) is 668 cm³/mol. The van der Waals surface area contributed by atoms with Crippen LogP contribution in [0.25, 0.3) is 0 Å². The molecule has 16 nitrogen and oxygen atoms in total. The number of amides is 1. The van der Waals surface area contributed by atoms with E-state index in [1.807, 2.05) is 234 Å². The van der Waals surface area contributed by atoms with Crippen LogP contribution in [0.2, 0.25) is 19.6 Å². The summed E-state index contributed by atoms with van der Waals surface area (Å²) in [6, 6.07) is 15.5. The number of carbonyl (C=O) groups is 3. The third-order valence-corrected chi connectivity index (χ3v) is 98.5. The van der Waals surface area contributed by atoms with Gasteiger partial charge in [-0.2, -0.15) is 4.39 Å². The maximum Gasteiger partial charge on any atom is 0.310 e. The number of nitrogens with one attached hydrogen (secondary N) is 4. The molecule has 6 unspecified atom stereocenters. The molecule has 4 aromatic heterocycles. The number of halogens is 5. The lowest BCUT2D eigenvalue weighted by molar-refractivity contribution is -0.156. The fourth-order valence-electron chi connectivity index (χ4n) is 12.3. The minimum absolute atomic E-state index is 0. The number of hydrogen-bond acceptors (Lipinski definition) is 17. The van der Waals surface area contributed by atoms with Crippen LogP contribution in [-0.2, 0) is 370 Å². The number of hydrogen-bond donors (Lipinski definition) is 4. The molecule has 0 saturated carbocycles. The number of anilines is 3. The van der Waals surface area contributed by atoms with Gasteiger partial charge in [0, 0.05) is 467 Å². The Hall–Kier alpha value is 4.34. The average Bonchev–Trinajstić information content (AvgIpc) is 0.817. The molecule has 4 aromatic rings. The number of piperidine rings is 8. The lowest BCUT2D eigenvalue weighted by Crippen LogP contribution is -2.54. The number of aromatic nitrogens is 4. The molecule has 0 radical (unpaired) electrons. The number of nitrogens with zero attached hydrogens (tertiary/aromatic N) is 8. The second-order valence-electron chi connectivity index (χ2n) is 26.3. The summed E-state index contributed by atoms with van der Waals surface area (Å²) < 4.78 is 18.1. The van der Waals surface area contributed by atoms with E-state index >= 15 is 0 Å². The number of likely N-dealkylation sites (tertiary alicyclic amines) is 1. The largest absolute Gasteiger partial charge is 0.394 e. The number of rotatable bonds is 3. The Morgan fingerprint density at radius 3 is 0.889 bits per heavy atom. The van der Waals surface area contributed by atoms with Crippen molar-refractivity contribution in [2.24, 2.45) is 47.3 Å². The Morgan fingerprint density at radius 2 is 0.659 bits per heavy atom. The van der Waals surface area contributed by atoms with Crippen LogP contribution in [0.15, 0.2) is 73.3 Å². The first-order valence-electron chi connectivity index (χ1n) is 35.0. The molecule has 8 aliphatic rings. The first kappa shape index (κ1) is 130. The van der Waals surface area contributed by atoms with E-state index in [1.54, 1.807) is 126 Å². The quantitative estimate of drug-likeness (QED) is 0.0381. The monoisotopic (exact) mass is 2730 g/mol. The maximum absolute atomic E-state index is 12.0. The zero-order chi connectivity index (χ0) is 86.1. The van der Waals surface area contributed by atoms with Gasteiger partial charge in [0.1, 0.15) is 25.5 Å². The van der Waals surface area contributed by atoms with Crippen LogP contribution in [0.5, 0.6) is 0 Å². The van der Waals surface area contributed by atoms with Crippen molar-refractivity contribution < 1.29 is 23.5 Å². The van der Waals surface area contributed by atoms with Gasteiger partial charge in [-0.3, -0.25) is 14.4 Å². The van der Waals surface area contributed by atoms with Crippen molar-refractivity contribution in [2.45, 2.75) is 95.8 Å². The molecule has 0 spiro atoms. The molecule has 6 atom stereocenters. The van der Waals surface area contributed by atoms with Gasteiger partial charge in [-0.25, -0.2) is 19.9 Å². The first-order valence-corrected chi connectivity index (χ1v) is 91.3. The van der Waals surface area contributed by atoms with Crippen LogP contribution >= 0.6 is 70.0 Å². The van der Waals surface area contributed by atoms with Gasteiger partial charge in [0.05, 0.1) is 0 Å². The summed E-state index contributed by atoms with van der Waals surface area (Å²) in [5.74, 6) is 13.9. The standard InChI is InChI=1S/C17H25N3Si.C16H19N3O.C12H16IN3.C7H14N2.C5H3FIN.C4H6O3.4CH4.2ClH.S39/c1-21(2,3)7-6-14-4-5-17(19-11-14)20-12-15-8-16(13-20)10-18-9-15;1-3-13-4-5-16(17-7-13)19-10-14-6-15(11-19)9-18(8-14)12(2)20;13-11-1-2-12(15-6-11)16-7-9-3-10(8-16)5-14-4-9;1-6-2-8-4-7(1)5-9-3-6;6-5-2-1-4(7)3-8-5;1-3(5)7-4(2)6;;;;;;;1-3-5-7-9-11-13-15-17-19-21-23-25-27-29-31-33-35-37-39-38-36-34-32-30-28-26-24-22-20-18-16-14-12-10-8-6-4-2/h4-5,11,15-16,18H,8-10,12-13H2,1-3H3;1,4-5,7,14-15H,6,8-11H2,2H3;1-2,6,9-10,14H,3-5,7-8H2;6-9H,1-5H2;1-3H;1-2H3;4*1H4;2*1H;. The van der Waals surface area contributed by atoms with Crippen molar-refractivity contribution in [3.63, 3.8) is 0 Å². The molecule has 718 valence electrons. The predicted octanol–water partition coefficient (Wildman–Crippen LogP) is 10.5. The molecule has 0 aromatic carbocycles. The molecular weight excluding hydrogens is 2640 g/mol. The molecule has 12 heterocycles. The third kappa shape index (κ3) is 64.0. The summed E-state index contributed by atoms with van der Waals surface area (Å²) in [5.41, 5.74) is 5.25. The van der Waals surface area contributed by atoms with Gasteiger partial charge in [-0.05, 0) is 219 Å². The Morgan fingerprint density at radius 1 is 0.397 bits per heavy atom. The molecule has 126 heavy (non-hydrogen) atoms. The van der Waals surface area contributed by atoms with Gasteiger partial charge in [-0.1, -0.05) is 61.2 Å². The van der Waals surface area contributed by atoms with Crippen molar-refractivity contribution in [1.29, 1.82) is 0 Å². The summed E-state index contributed by atoms with van der Waals surface area (Å²) >= 11 is 14.0. The van der Waals surface area contributed by atoms with Crippen molar-refractivity contribution >= 4 is 464 Å². The van der Waals surface area contributed by atoms with Crippen LogP contribution in [0, 0.1) is 84.2 Å². The van der Waals surface area contributed by atoms with E-state index in [9.17, 15) is 18.8 Å². The van der Waals surface area contributed by atoms with Gasteiger partial charge in [-0.15, -0.1) is 36.8 Å². The van der Waals surface area contributed by atoms with Gasteiger partial charge in [0.15, 0.2) is 0 Å². The van der Waals surface area contributed by atoms with E-state index in [2.05, 4.69) is 167 Å². The molecule has 61 heteroatoms. The van der Waals surface area contributed by atoms with Gasteiger partial charge < -0.3 is 45.6 Å². The highest BCUT2D eigenvalue weighted by Gasteiger charge is 2.36. The lowest BCUT2D eigenvalue weighted by atomic mass is 9.84. The van der Waals surface area contributed by atoms with Crippen molar-refractivity contribution in [2.75, 3.05) is 119 Å². The summed E-state index contributed by atoms with van der Waals surface area (Å²) in [4.78, 5) is 57.4.